The Labute approximate surface area is 219 Å². The minimum Gasteiger partial charge on any atom is -0.343 e. The SMILES string of the molecule is Cn1c(-c2cccc(Cl)c2)c(-c2cccc(Cl)c2)c(-c2cccc(Cl)c2)c1-c1cccc(Cl)c1. The van der Waals surface area contributed by atoms with Gasteiger partial charge in [0.15, 0.2) is 0 Å². The highest BCUT2D eigenvalue weighted by Gasteiger charge is 2.26. The van der Waals surface area contributed by atoms with Gasteiger partial charge in [0, 0.05) is 49.4 Å². The van der Waals surface area contributed by atoms with Crippen molar-refractivity contribution >= 4 is 46.4 Å². The number of nitrogens with zero attached hydrogens (tertiary/aromatic N) is 1. The number of hydrogen-bond donors (Lipinski definition) is 0. The molecule has 5 heteroatoms. The van der Waals surface area contributed by atoms with Crippen molar-refractivity contribution in [2.45, 2.75) is 0 Å². The van der Waals surface area contributed by atoms with Crippen LogP contribution in [-0.2, 0) is 7.05 Å². The van der Waals surface area contributed by atoms with Gasteiger partial charge in [0.25, 0.3) is 0 Å². The Kier molecular flexibility index (Phi) is 6.46. The molecule has 1 aromatic heterocycles. The molecule has 0 amide bonds. The lowest BCUT2D eigenvalue weighted by Crippen LogP contribution is -1.96. The molecule has 0 radical (unpaired) electrons. The third-order valence-electron chi connectivity index (χ3n) is 5.82. The number of aromatic nitrogens is 1. The average molecular weight is 523 g/mol. The predicted molar refractivity (Wildman–Crippen MR) is 147 cm³/mol. The molecule has 0 fully saturated rings. The molecule has 5 aromatic rings. The lowest BCUT2D eigenvalue weighted by atomic mass is 9.91. The number of hydrogen-bond acceptors (Lipinski definition) is 0. The number of rotatable bonds is 4. The smallest absolute Gasteiger partial charge is 0.0569 e. The largest absolute Gasteiger partial charge is 0.343 e. The molecule has 1 heterocycles. The highest BCUT2D eigenvalue weighted by molar-refractivity contribution is 6.32. The quantitative estimate of drug-likeness (QED) is 0.221. The van der Waals surface area contributed by atoms with Gasteiger partial charge in [0.2, 0.25) is 0 Å². The monoisotopic (exact) mass is 521 g/mol. The van der Waals surface area contributed by atoms with Crippen LogP contribution in [0.2, 0.25) is 20.1 Å². The third-order valence-corrected chi connectivity index (χ3v) is 6.76. The second kappa shape index (κ2) is 9.52. The standard InChI is InChI=1S/C29H19Cl4N/c1-34-28(20-8-4-12-24(32)16-20)26(18-6-2-10-22(30)14-18)27(19-7-3-11-23(31)15-19)29(34)21-9-5-13-25(33)17-21/h2-17H,1H3. The molecule has 1 nitrogen and oxygen atoms in total. The fourth-order valence-corrected chi connectivity index (χ4v) is 5.24. The van der Waals surface area contributed by atoms with Crippen molar-refractivity contribution in [2.24, 2.45) is 7.05 Å². The molecule has 34 heavy (non-hydrogen) atoms. The summed E-state index contributed by atoms with van der Waals surface area (Å²) < 4.78 is 2.20. The van der Waals surface area contributed by atoms with Gasteiger partial charge in [-0.3, -0.25) is 0 Å². The predicted octanol–water partition coefficient (Wildman–Crippen LogP) is 10.3. The summed E-state index contributed by atoms with van der Waals surface area (Å²) in [6.45, 7) is 0. The van der Waals surface area contributed by atoms with E-state index < -0.39 is 0 Å². The van der Waals surface area contributed by atoms with E-state index in [0.29, 0.717) is 20.1 Å². The Morgan fingerprint density at radius 3 is 1.06 bits per heavy atom. The van der Waals surface area contributed by atoms with Crippen LogP contribution in [-0.4, -0.2) is 4.57 Å². The molecule has 0 unspecified atom stereocenters. The Balaban J connectivity index is 1.97. The van der Waals surface area contributed by atoms with Gasteiger partial charge in [-0.25, -0.2) is 0 Å². The van der Waals surface area contributed by atoms with Crippen molar-refractivity contribution in [3.63, 3.8) is 0 Å². The Morgan fingerprint density at radius 2 is 0.735 bits per heavy atom. The van der Waals surface area contributed by atoms with E-state index in [4.69, 9.17) is 46.4 Å². The lowest BCUT2D eigenvalue weighted by molar-refractivity contribution is 0.947. The first kappa shape index (κ1) is 23.1. The van der Waals surface area contributed by atoms with E-state index in [1.807, 2.05) is 72.8 Å². The molecular weight excluding hydrogens is 504 g/mol. The van der Waals surface area contributed by atoms with Gasteiger partial charge >= 0.3 is 0 Å². The van der Waals surface area contributed by atoms with Crippen molar-refractivity contribution in [3.05, 3.63) is 117 Å². The van der Waals surface area contributed by atoms with Crippen LogP contribution in [0.15, 0.2) is 97.1 Å². The van der Waals surface area contributed by atoms with Crippen molar-refractivity contribution in [1.29, 1.82) is 0 Å². The van der Waals surface area contributed by atoms with E-state index in [9.17, 15) is 0 Å². The molecular formula is C29H19Cl4N. The topological polar surface area (TPSA) is 4.93 Å². The van der Waals surface area contributed by atoms with Gasteiger partial charge in [-0.1, -0.05) is 94.9 Å². The van der Waals surface area contributed by atoms with E-state index in [1.54, 1.807) is 0 Å². The molecule has 0 aliphatic carbocycles. The molecule has 0 aliphatic rings. The van der Waals surface area contributed by atoms with Crippen LogP contribution in [0.3, 0.4) is 0 Å². The summed E-state index contributed by atoms with van der Waals surface area (Å²) in [5, 5.41) is 2.67. The summed E-state index contributed by atoms with van der Waals surface area (Å²) >= 11 is 25.8. The number of halogens is 4. The van der Waals surface area contributed by atoms with E-state index in [-0.39, 0.29) is 0 Å². The highest BCUT2D eigenvalue weighted by Crippen LogP contribution is 2.49. The first-order chi connectivity index (χ1) is 16.4. The summed E-state index contributed by atoms with van der Waals surface area (Å²) in [5.74, 6) is 0. The minimum absolute atomic E-state index is 0.666. The fourth-order valence-electron chi connectivity index (χ4n) is 4.48. The van der Waals surface area contributed by atoms with Gasteiger partial charge < -0.3 is 4.57 Å². The molecule has 0 N–H and O–H groups in total. The maximum Gasteiger partial charge on any atom is 0.0569 e. The normalized spacial score (nSPS) is 11.1. The van der Waals surface area contributed by atoms with Crippen LogP contribution >= 0.6 is 46.4 Å². The van der Waals surface area contributed by atoms with Crippen molar-refractivity contribution in [2.75, 3.05) is 0 Å². The fraction of sp³-hybridized carbons (Fsp3) is 0.0345. The zero-order valence-corrected chi connectivity index (χ0v) is 21.2. The first-order valence-corrected chi connectivity index (χ1v) is 12.2. The van der Waals surface area contributed by atoms with Crippen LogP contribution in [0.4, 0.5) is 0 Å². The highest BCUT2D eigenvalue weighted by atomic mass is 35.5. The molecule has 0 saturated heterocycles. The average Bonchev–Trinajstić information content (AvgIpc) is 3.12. The summed E-state index contributed by atoms with van der Waals surface area (Å²) in [5.41, 5.74) is 8.14. The number of benzene rings is 4. The molecule has 4 aromatic carbocycles. The Bertz CT molecular complexity index is 1400. The van der Waals surface area contributed by atoms with Gasteiger partial charge in [-0.2, -0.15) is 0 Å². The summed E-state index contributed by atoms with van der Waals surface area (Å²) in [4.78, 5) is 0. The van der Waals surface area contributed by atoms with Crippen molar-refractivity contribution in [3.8, 4) is 44.8 Å². The van der Waals surface area contributed by atoms with Crippen LogP contribution in [0.25, 0.3) is 44.8 Å². The van der Waals surface area contributed by atoms with Crippen molar-refractivity contribution in [1.82, 2.24) is 4.57 Å². The van der Waals surface area contributed by atoms with E-state index in [0.717, 1.165) is 44.8 Å². The second-order valence-electron chi connectivity index (χ2n) is 8.05. The zero-order valence-electron chi connectivity index (χ0n) is 18.2. The maximum absolute atomic E-state index is 6.46. The van der Waals surface area contributed by atoms with Crippen LogP contribution in [0, 0.1) is 0 Å². The molecule has 0 aliphatic heterocycles. The molecule has 0 saturated carbocycles. The molecule has 0 bridgehead atoms. The van der Waals surface area contributed by atoms with Gasteiger partial charge in [0.05, 0.1) is 11.4 Å². The second-order valence-corrected chi connectivity index (χ2v) is 9.79. The summed E-state index contributed by atoms with van der Waals surface area (Å²) in [6.07, 6.45) is 0. The molecule has 168 valence electrons. The van der Waals surface area contributed by atoms with E-state index in [1.165, 1.54) is 0 Å². The summed E-state index contributed by atoms with van der Waals surface area (Å²) in [7, 11) is 2.06. The van der Waals surface area contributed by atoms with Crippen LogP contribution in [0.5, 0.6) is 0 Å². The molecule has 0 atom stereocenters. The minimum atomic E-state index is 0.666. The first-order valence-electron chi connectivity index (χ1n) is 10.7. The molecule has 5 rings (SSSR count). The van der Waals surface area contributed by atoms with Gasteiger partial charge in [-0.05, 0) is 59.7 Å². The Morgan fingerprint density at radius 1 is 0.441 bits per heavy atom. The Hall–Kier alpha value is -2.68. The lowest BCUT2D eigenvalue weighted by Gasteiger charge is -2.11. The zero-order chi connectivity index (χ0) is 23.8. The van der Waals surface area contributed by atoms with E-state index >= 15 is 0 Å². The van der Waals surface area contributed by atoms with Crippen LogP contribution in [0.1, 0.15) is 0 Å². The van der Waals surface area contributed by atoms with E-state index in [2.05, 4.69) is 35.9 Å². The van der Waals surface area contributed by atoms with Crippen molar-refractivity contribution < 1.29 is 0 Å². The van der Waals surface area contributed by atoms with Gasteiger partial charge in [-0.15, -0.1) is 0 Å². The van der Waals surface area contributed by atoms with Crippen LogP contribution < -0.4 is 0 Å². The summed E-state index contributed by atoms with van der Waals surface area (Å²) in [6, 6.07) is 31.6. The maximum atomic E-state index is 6.46. The third kappa shape index (κ3) is 4.37. The molecule has 0 spiro atoms. The van der Waals surface area contributed by atoms with Gasteiger partial charge in [0.1, 0.15) is 0 Å².